The Kier molecular flexibility index (Phi) is 3.60. The zero-order valence-electron chi connectivity index (χ0n) is 11.7. The van der Waals surface area contributed by atoms with E-state index >= 15 is 0 Å². The summed E-state index contributed by atoms with van der Waals surface area (Å²) in [6, 6.07) is 8.05. The third-order valence-corrected chi connectivity index (χ3v) is 3.47. The molecule has 1 heterocycles. The van der Waals surface area contributed by atoms with Crippen molar-refractivity contribution in [2.24, 2.45) is 0 Å². The molecular weight excluding hydrogens is 240 g/mol. The SMILES string of the molecule is CCc1ccccc1CN1CC(=O)NC(C)(C)C1=O. The summed E-state index contributed by atoms with van der Waals surface area (Å²) < 4.78 is 0. The second-order valence-electron chi connectivity index (χ2n) is 5.46. The van der Waals surface area contributed by atoms with Crippen LogP contribution in [0.5, 0.6) is 0 Å². The minimum absolute atomic E-state index is 0.0296. The number of benzene rings is 1. The third kappa shape index (κ3) is 2.78. The zero-order chi connectivity index (χ0) is 14.0. The van der Waals surface area contributed by atoms with Crippen molar-refractivity contribution in [2.45, 2.75) is 39.3 Å². The fraction of sp³-hybridized carbons (Fsp3) is 0.467. The highest BCUT2D eigenvalue weighted by atomic mass is 16.2. The molecule has 1 fully saturated rings. The number of hydrogen-bond acceptors (Lipinski definition) is 2. The Morgan fingerprint density at radius 3 is 2.47 bits per heavy atom. The molecule has 4 heteroatoms. The summed E-state index contributed by atoms with van der Waals surface area (Å²) in [5.41, 5.74) is 1.53. The number of aryl methyl sites for hydroxylation is 1. The lowest BCUT2D eigenvalue weighted by molar-refractivity contribution is -0.148. The van der Waals surface area contributed by atoms with Crippen LogP contribution in [-0.4, -0.2) is 28.8 Å². The summed E-state index contributed by atoms with van der Waals surface area (Å²) in [4.78, 5) is 25.6. The summed E-state index contributed by atoms with van der Waals surface area (Å²) in [6.45, 7) is 6.21. The van der Waals surface area contributed by atoms with Crippen LogP contribution >= 0.6 is 0 Å². The lowest BCUT2D eigenvalue weighted by Gasteiger charge is -2.37. The van der Waals surface area contributed by atoms with Gasteiger partial charge in [-0.1, -0.05) is 31.2 Å². The van der Waals surface area contributed by atoms with E-state index < -0.39 is 5.54 Å². The number of rotatable bonds is 3. The van der Waals surface area contributed by atoms with Crippen LogP contribution in [0.2, 0.25) is 0 Å². The Hall–Kier alpha value is -1.84. The molecule has 19 heavy (non-hydrogen) atoms. The predicted octanol–water partition coefficient (Wildman–Crippen LogP) is 1.49. The fourth-order valence-corrected chi connectivity index (χ4v) is 2.47. The van der Waals surface area contributed by atoms with E-state index in [4.69, 9.17) is 0 Å². The minimum atomic E-state index is -0.809. The van der Waals surface area contributed by atoms with E-state index in [-0.39, 0.29) is 18.4 Å². The second-order valence-corrected chi connectivity index (χ2v) is 5.46. The molecular formula is C15H20N2O2. The molecule has 1 aliphatic heterocycles. The monoisotopic (exact) mass is 260 g/mol. The molecule has 0 saturated carbocycles. The molecule has 1 aromatic carbocycles. The molecule has 4 nitrogen and oxygen atoms in total. The molecule has 102 valence electrons. The van der Waals surface area contributed by atoms with Crippen LogP contribution in [0.1, 0.15) is 31.9 Å². The summed E-state index contributed by atoms with van der Waals surface area (Å²) >= 11 is 0. The maximum atomic E-state index is 12.3. The Balaban J connectivity index is 2.22. The largest absolute Gasteiger partial charge is 0.341 e. The molecule has 0 atom stereocenters. The summed E-state index contributed by atoms with van der Waals surface area (Å²) in [7, 11) is 0. The Bertz CT molecular complexity index is 509. The zero-order valence-corrected chi connectivity index (χ0v) is 11.7. The number of nitrogens with one attached hydrogen (secondary N) is 1. The molecule has 2 rings (SSSR count). The molecule has 0 unspecified atom stereocenters. The molecule has 1 aromatic rings. The average Bonchev–Trinajstić information content (AvgIpc) is 2.35. The summed E-state index contributed by atoms with van der Waals surface area (Å²) in [6.07, 6.45) is 0.924. The van der Waals surface area contributed by atoms with Crippen molar-refractivity contribution >= 4 is 11.8 Å². The number of carbonyl (C=O) groups excluding carboxylic acids is 2. The van der Waals surface area contributed by atoms with Crippen molar-refractivity contribution in [1.29, 1.82) is 0 Å². The van der Waals surface area contributed by atoms with E-state index in [1.54, 1.807) is 18.7 Å². The molecule has 1 aliphatic rings. The number of nitrogens with zero attached hydrogens (tertiary/aromatic N) is 1. The normalized spacial score (nSPS) is 18.4. The van der Waals surface area contributed by atoms with Gasteiger partial charge in [0.25, 0.3) is 0 Å². The number of amides is 2. The highest BCUT2D eigenvalue weighted by Gasteiger charge is 2.38. The van der Waals surface area contributed by atoms with Crippen molar-refractivity contribution in [1.82, 2.24) is 10.2 Å². The lowest BCUT2D eigenvalue weighted by Crippen LogP contribution is -2.63. The second kappa shape index (κ2) is 5.03. The minimum Gasteiger partial charge on any atom is -0.341 e. The summed E-state index contributed by atoms with van der Waals surface area (Å²) in [5.74, 6) is -0.128. The first-order chi connectivity index (χ1) is 8.94. The molecule has 0 radical (unpaired) electrons. The van der Waals surface area contributed by atoms with E-state index in [0.717, 1.165) is 12.0 Å². The fourth-order valence-electron chi connectivity index (χ4n) is 2.47. The van der Waals surface area contributed by atoms with Crippen LogP contribution in [0.15, 0.2) is 24.3 Å². The van der Waals surface area contributed by atoms with E-state index in [0.29, 0.717) is 6.54 Å². The lowest BCUT2D eigenvalue weighted by atomic mass is 9.98. The van der Waals surface area contributed by atoms with Crippen LogP contribution < -0.4 is 5.32 Å². The van der Waals surface area contributed by atoms with Gasteiger partial charge in [0.1, 0.15) is 5.54 Å². The maximum Gasteiger partial charge on any atom is 0.248 e. The Morgan fingerprint density at radius 2 is 1.84 bits per heavy atom. The summed E-state index contributed by atoms with van der Waals surface area (Å²) in [5, 5.41) is 2.72. The van der Waals surface area contributed by atoms with Gasteiger partial charge in [-0.3, -0.25) is 9.59 Å². The quantitative estimate of drug-likeness (QED) is 0.895. The number of piperazine rings is 1. The van der Waals surface area contributed by atoms with Crippen molar-refractivity contribution in [3.63, 3.8) is 0 Å². The Labute approximate surface area is 113 Å². The first-order valence-electron chi connectivity index (χ1n) is 6.61. The van der Waals surface area contributed by atoms with Crippen LogP contribution in [0.25, 0.3) is 0 Å². The van der Waals surface area contributed by atoms with Gasteiger partial charge in [0, 0.05) is 6.54 Å². The van der Waals surface area contributed by atoms with E-state index in [9.17, 15) is 9.59 Å². The van der Waals surface area contributed by atoms with Gasteiger partial charge in [0.15, 0.2) is 0 Å². The van der Waals surface area contributed by atoms with Gasteiger partial charge in [-0.2, -0.15) is 0 Å². The van der Waals surface area contributed by atoms with E-state index in [1.165, 1.54) is 5.56 Å². The van der Waals surface area contributed by atoms with Crippen molar-refractivity contribution < 1.29 is 9.59 Å². The highest BCUT2D eigenvalue weighted by molar-refractivity contribution is 5.97. The topological polar surface area (TPSA) is 49.4 Å². The predicted molar refractivity (Wildman–Crippen MR) is 73.5 cm³/mol. The molecule has 1 saturated heterocycles. The standard InChI is InChI=1S/C15H20N2O2/c1-4-11-7-5-6-8-12(11)9-17-10-13(18)16-15(2,3)14(17)19/h5-8H,4,9-10H2,1-3H3,(H,16,18). The number of carbonyl (C=O) groups is 2. The smallest absolute Gasteiger partial charge is 0.248 e. The average molecular weight is 260 g/mol. The van der Waals surface area contributed by atoms with Crippen LogP contribution in [0.3, 0.4) is 0 Å². The molecule has 0 spiro atoms. The van der Waals surface area contributed by atoms with Gasteiger partial charge in [-0.15, -0.1) is 0 Å². The van der Waals surface area contributed by atoms with Crippen molar-refractivity contribution in [3.05, 3.63) is 35.4 Å². The molecule has 0 aliphatic carbocycles. The van der Waals surface area contributed by atoms with Gasteiger partial charge in [-0.05, 0) is 31.4 Å². The van der Waals surface area contributed by atoms with Crippen molar-refractivity contribution in [3.8, 4) is 0 Å². The van der Waals surface area contributed by atoms with Gasteiger partial charge in [0.2, 0.25) is 11.8 Å². The van der Waals surface area contributed by atoms with Gasteiger partial charge < -0.3 is 10.2 Å². The molecule has 2 amide bonds. The molecule has 1 N–H and O–H groups in total. The maximum absolute atomic E-state index is 12.3. The van der Waals surface area contributed by atoms with Crippen LogP contribution in [-0.2, 0) is 22.6 Å². The first kappa shape index (κ1) is 13.6. The van der Waals surface area contributed by atoms with Gasteiger partial charge in [-0.25, -0.2) is 0 Å². The van der Waals surface area contributed by atoms with Crippen LogP contribution in [0, 0.1) is 0 Å². The highest BCUT2D eigenvalue weighted by Crippen LogP contribution is 2.18. The third-order valence-electron chi connectivity index (χ3n) is 3.47. The Morgan fingerprint density at radius 1 is 1.21 bits per heavy atom. The van der Waals surface area contributed by atoms with Gasteiger partial charge in [0.05, 0.1) is 6.54 Å². The van der Waals surface area contributed by atoms with Crippen LogP contribution in [0.4, 0.5) is 0 Å². The van der Waals surface area contributed by atoms with E-state index in [2.05, 4.69) is 18.3 Å². The van der Waals surface area contributed by atoms with E-state index in [1.807, 2.05) is 18.2 Å². The first-order valence-corrected chi connectivity index (χ1v) is 6.61. The van der Waals surface area contributed by atoms with Crippen molar-refractivity contribution in [2.75, 3.05) is 6.54 Å². The molecule has 0 aromatic heterocycles. The van der Waals surface area contributed by atoms with Gasteiger partial charge >= 0.3 is 0 Å². The molecule has 0 bridgehead atoms. The number of hydrogen-bond donors (Lipinski definition) is 1.